The van der Waals surface area contributed by atoms with Crippen molar-refractivity contribution in [2.24, 2.45) is 17.8 Å². The lowest BCUT2D eigenvalue weighted by molar-refractivity contribution is 0.0239. The fraction of sp³-hybridized carbons (Fsp3) is 0.824. The van der Waals surface area contributed by atoms with Crippen LogP contribution in [0.3, 0.4) is 0 Å². The molecule has 0 aromatic rings. The van der Waals surface area contributed by atoms with E-state index in [-0.39, 0.29) is 37.1 Å². The van der Waals surface area contributed by atoms with Crippen LogP contribution in [0.2, 0.25) is 0 Å². The van der Waals surface area contributed by atoms with E-state index in [0.29, 0.717) is 13.0 Å². The number of hydrogen-bond acceptors (Lipinski definition) is 4. The van der Waals surface area contributed by atoms with E-state index < -0.39 is 5.60 Å². The largest absolute Gasteiger partial charge is 0.443 e. The predicted octanol–water partition coefficient (Wildman–Crippen LogP) is 2.53. The lowest BCUT2D eigenvalue weighted by Crippen LogP contribution is -2.42. The number of allylic oxidation sites excluding steroid dienone is 2. The van der Waals surface area contributed by atoms with Crippen molar-refractivity contribution in [2.45, 2.75) is 52.1 Å². The van der Waals surface area contributed by atoms with Crippen LogP contribution in [0.4, 0.5) is 4.79 Å². The smallest absolute Gasteiger partial charge is 0.414 e. The molecule has 0 radical (unpaired) electrons. The van der Waals surface area contributed by atoms with E-state index >= 15 is 0 Å². The Morgan fingerprint density at radius 3 is 2.64 bits per heavy atom. The maximum absolute atomic E-state index is 12.5. The summed E-state index contributed by atoms with van der Waals surface area (Å²) in [5, 5.41) is 19.3. The van der Waals surface area contributed by atoms with Crippen molar-refractivity contribution >= 4 is 6.09 Å². The standard InChI is InChI=1S/C17H29NO4/c1-17(2,3)22-16(21)18-9-5-4-6-13-14(11-20)12(10-19)7-8-15(13)18/h8,12-14,19-20H,4-7,9-11H2,1-3H3/t12-,13+,14-/m1/s1. The first-order chi connectivity index (χ1) is 10.4. The van der Waals surface area contributed by atoms with Gasteiger partial charge in [0.1, 0.15) is 5.60 Å². The molecule has 2 aliphatic rings. The molecule has 126 valence electrons. The van der Waals surface area contributed by atoms with E-state index in [4.69, 9.17) is 4.74 Å². The second-order valence-corrected chi connectivity index (χ2v) is 7.39. The van der Waals surface area contributed by atoms with Gasteiger partial charge in [-0.05, 0) is 51.9 Å². The lowest BCUT2D eigenvalue weighted by atomic mass is 9.73. The molecule has 2 N–H and O–H groups in total. The van der Waals surface area contributed by atoms with E-state index in [1.807, 2.05) is 20.8 Å². The number of aliphatic hydroxyl groups is 2. The Morgan fingerprint density at radius 1 is 1.32 bits per heavy atom. The molecular formula is C17H29NO4. The molecule has 1 amide bonds. The van der Waals surface area contributed by atoms with Crippen molar-refractivity contribution in [3.05, 3.63) is 11.8 Å². The number of aliphatic hydroxyl groups excluding tert-OH is 2. The van der Waals surface area contributed by atoms with E-state index in [1.54, 1.807) is 4.90 Å². The third-order valence-corrected chi connectivity index (χ3v) is 4.65. The highest BCUT2D eigenvalue weighted by Crippen LogP contribution is 2.41. The Hall–Kier alpha value is -1.07. The van der Waals surface area contributed by atoms with Crippen LogP contribution in [-0.4, -0.2) is 46.6 Å². The second kappa shape index (κ2) is 7.01. The average molecular weight is 311 g/mol. The topological polar surface area (TPSA) is 70.0 Å². The first-order valence-corrected chi connectivity index (χ1v) is 8.29. The van der Waals surface area contributed by atoms with Gasteiger partial charge < -0.3 is 14.9 Å². The Balaban J connectivity index is 2.24. The zero-order valence-electron chi connectivity index (χ0n) is 13.9. The summed E-state index contributed by atoms with van der Waals surface area (Å²) in [6.07, 6.45) is 5.38. The Morgan fingerprint density at radius 2 is 2.05 bits per heavy atom. The van der Waals surface area contributed by atoms with Gasteiger partial charge in [0.05, 0.1) is 0 Å². The van der Waals surface area contributed by atoms with Crippen molar-refractivity contribution < 1.29 is 19.7 Å². The molecule has 0 saturated carbocycles. The van der Waals surface area contributed by atoms with E-state index in [0.717, 1.165) is 25.0 Å². The van der Waals surface area contributed by atoms with Crippen molar-refractivity contribution in [1.29, 1.82) is 0 Å². The van der Waals surface area contributed by atoms with Gasteiger partial charge in [-0.2, -0.15) is 0 Å². The Labute approximate surface area is 133 Å². The number of fused-ring (bicyclic) bond motifs is 1. The molecule has 1 aliphatic carbocycles. The average Bonchev–Trinajstić information content (AvgIpc) is 2.66. The Bertz CT molecular complexity index is 427. The lowest BCUT2D eigenvalue weighted by Gasteiger charge is -2.39. The molecular weight excluding hydrogens is 282 g/mol. The summed E-state index contributed by atoms with van der Waals surface area (Å²) in [6.45, 7) is 6.40. The molecule has 3 atom stereocenters. The van der Waals surface area contributed by atoms with Crippen molar-refractivity contribution in [3.8, 4) is 0 Å². The van der Waals surface area contributed by atoms with Gasteiger partial charge in [0.2, 0.25) is 0 Å². The van der Waals surface area contributed by atoms with Crippen molar-refractivity contribution in [1.82, 2.24) is 4.90 Å². The SMILES string of the molecule is CC(C)(C)OC(=O)N1CCCC[C@@H]2C1=CC[C@H](CO)[C@H]2CO. The summed E-state index contributed by atoms with van der Waals surface area (Å²) in [4.78, 5) is 14.3. The van der Waals surface area contributed by atoms with Gasteiger partial charge in [-0.3, -0.25) is 4.90 Å². The zero-order chi connectivity index (χ0) is 16.3. The van der Waals surface area contributed by atoms with Crippen LogP contribution >= 0.6 is 0 Å². The highest BCUT2D eigenvalue weighted by atomic mass is 16.6. The monoisotopic (exact) mass is 311 g/mol. The van der Waals surface area contributed by atoms with E-state index in [9.17, 15) is 15.0 Å². The third-order valence-electron chi connectivity index (χ3n) is 4.65. The fourth-order valence-corrected chi connectivity index (χ4v) is 3.58. The van der Waals surface area contributed by atoms with Crippen LogP contribution < -0.4 is 0 Å². The van der Waals surface area contributed by atoms with Crippen LogP contribution in [0.15, 0.2) is 11.8 Å². The second-order valence-electron chi connectivity index (χ2n) is 7.39. The summed E-state index contributed by atoms with van der Waals surface area (Å²) in [5.74, 6) is 0.233. The summed E-state index contributed by atoms with van der Waals surface area (Å²) in [6, 6.07) is 0. The molecule has 1 heterocycles. The molecule has 0 aromatic carbocycles. The molecule has 1 fully saturated rings. The molecule has 5 nitrogen and oxygen atoms in total. The summed E-state index contributed by atoms with van der Waals surface area (Å²) in [5.41, 5.74) is 0.466. The highest BCUT2D eigenvalue weighted by molar-refractivity contribution is 5.70. The first kappa shape index (κ1) is 17.3. The van der Waals surface area contributed by atoms with E-state index in [2.05, 4.69) is 6.08 Å². The minimum Gasteiger partial charge on any atom is -0.443 e. The minimum absolute atomic E-state index is 0.0213. The molecule has 0 aromatic heterocycles. The van der Waals surface area contributed by atoms with Crippen LogP contribution in [0, 0.1) is 17.8 Å². The predicted molar refractivity (Wildman–Crippen MR) is 84.1 cm³/mol. The van der Waals surface area contributed by atoms with Crippen molar-refractivity contribution in [3.63, 3.8) is 0 Å². The molecule has 22 heavy (non-hydrogen) atoms. The number of ether oxygens (including phenoxy) is 1. The normalized spacial score (nSPS) is 29.4. The molecule has 0 bridgehead atoms. The van der Waals surface area contributed by atoms with Crippen LogP contribution in [0.1, 0.15) is 46.5 Å². The van der Waals surface area contributed by atoms with Crippen molar-refractivity contribution in [2.75, 3.05) is 19.8 Å². The summed E-state index contributed by atoms with van der Waals surface area (Å²) >= 11 is 0. The molecule has 0 spiro atoms. The van der Waals surface area contributed by atoms with Gasteiger partial charge in [-0.15, -0.1) is 0 Å². The first-order valence-electron chi connectivity index (χ1n) is 8.29. The molecule has 0 unspecified atom stereocenters. The maximum atomic E-state index is 12.5. The number of hydrogen-bond donors (Lipinski definition) is 2. The molecule has 5 heteroatoms. The molecule has 2 rings (SSSR count). The highest BCUT2D eigenvalue weighted by Gasteiger charge is 2.39. The molecule has 1 aliphatic heterocycles. The van der Waals surface area contributed by atoms with E-state index in [1.165, 1.54) is 0 Å². The maximum Gasteiger partial charge on any atom is 0.414 e. The van der Waals surface area contributed by atoms with Gasteiger partial charge in [-0.25, -0.2) is 4.79 Å². The quantitative estimate of drug-likeness (QED) is 0.822. The Kier molecular flexibility index (Phi) is 5.50. The number of rotatable bonds is 2. The van der Waals surface area contributed by atoms with Crippen LogP contribution in [0.5, 0.6) is 0 Å². The minimum atomic E-state index is -0.516. The van der Waals surface area contributed by atoms with Gasteiger partial charge in [0.15, 0.2) is 0 Å². The number of likely N-dealkylation sites (tertiary alicyclic amines) is 1. The number of carbonyl (C=O) groups excluding carboxylic acids is 1. The zero-order valence-corrected chi connectivity index (χ0v) is 13.9. The van der Waals surface area contributed by atoms with Gasteiger partial charge in [-0.1, -0.05) is 12.5 Å². The molecule has 1 saturated heterocycles. The van der Waals surface area contributed by atoms with Gasteiger partial charge in [0.25, 0.3) is 0 Å². The van der Waals surface area contributed by atoms with Crippen LogP contribution in [-0.2, 0) is 4.74 Å². The van der Waals surface area contributed by atoms with Gasteiger partial charge >= 0.3 is 6.09 Å². The number of amides is 1. The summed E-state index contributed by atoms with van der Waals surface area (Å²) < 4.78 is 5.54. The number of nitrogens with zero attached hydrogens (tertiary/aromatic N) is 1. The number of carbonyl (C=O) groups is 1. The van der Waals surface area contributed by atoms with Gasteiger partial charge in [0, 0.05) is 31.4 Å². The third kappa shape index (κ3) is 3.82. The van der Waals surface area contributed by atoms with Crippen LogP contribution in [0.25, 0.3) is 0 Å². The summed E-state index contributed by atoms with van der Waals surface area (Å²) in [7, 11) is 0. The fourth-order valence-electron chi connectivity index (χ4n) is 3.58.